The van der Waals surface area contributed by atoms with Gasteiger partial charge in [0.05, 0.1) is 5.56 Å². The van der Waals surface area contributed by atoms with Crippen molar-refractivity contribution in [2.24, 2.45) is 0 Å². The summed E-state index contributed by atoms with van der Waals surface area (Å²) in [5.41, 5.74) is 0.152. The predicted molar refractivity (Wildman–Crippen MR) is 63.1 cm³/mol. The van der Waals surface area contributed by atoms with E-state index in [4.69, 9.17) is 0 Å². The minimum atomic E-state index is -0.244. The van der Waals surface area contributed by atoms with E-state index in [1.54, 1.807) is 4.90 Å². The Balaban J connectivity index is 2.21. The van der Waals surface area contributed by atoms with Gasteiger partial charge in [-0.25, -0.2) is 0 Å². The number of benzene rings is 1. The Kier molecular flexibility index (Phi) is 3.19. The van der Waals surface area contributed by atoms with E-state index in [0.29, 0.717) is 13.1 Å². The summed E-state index contributed by atoms with van der Waals surface area (Å²) in [7, 11) is 0. The Morgan fingerprint density at radius 2 is 2.24 bits per heavy atom. The smallest absolute Gasteiger partial charge is 0.257 e. The molecule has 3 N–H and O–H groups in total. The molecule has 1 aliphatic rings. The van der Waals surface area contributed by atoms with Crippen molar-refractivity contribution < 1.29 is 15.0 Å². The average Bonchev–Trinajstić information content (AvgIpc) is 2.31. The minimum Gasteiger partial charge on any atom is -0.508 e. The van der Waals surface area contributed by atoms with Crippen molar-refractivity contribution in [2.75, 3.05) is 19.6 Å². The van der Waals surface area contributed by atoms with Crippen LogP contribution in [0.5, 0.6) is 11.5 Å². The van der Waals surface area contributed by atoms with E-state index in [9.17, 15) is 15.0 Å². The first kappa shape index (κ1) is 11.7. The Morgan fingerprint density at radius 3 is 2.94 bits per heavy atom. The molecule has 1 amide bonds. The Morgan fingerprint density at radius 1 is 1.47 bits per heavy atom. The number of carbonyl (C=O) groups is 1. The molecule has 5 heteroatoms. The van der Waals surface area contributed by atoms with Gasteiger partial charge in [-0.15, -0.1) is 0 Å². The number of nitrogens with zero attached hydrogens (tertiary/aromatic N) is 1. The third kappa shape index (κ3) is 2.50. The van der Waals surface area contributed by atoms with Gasteiger partial charge in [0.15, 0.2) is 0 Å². The van der Waals surface area contributed by atoms with Crippen molar-refractivity contribution in [2.45, 2.75) is 13.0 Å². The molecule has 1 aromatic carbocycles. The molecule has 1 aromatic rings. The maximum atomic E-state index is 12.1. The van der Waals surface area contributed by atoms with E-state index >= 15 is 0 Å². The highest BCUT2D eigenvalue weighted by atomic mass is 16.3. The number of phenols is 2. The summed E-state index contributed by atoms with van der Waals surface area (Å²) in [5.74, 6) is -0.361. The first-order valence-electron chi connectivity index (χ1n) is 5.62. The molecule has 2 rings (SSSR count). The molecule has 0 aromatic heterocycles. The zero-order chi connectivity index (χ0) is 12.4. The van der Waals surface area contributed by atoms with E-state index in [1.165, 1.54) is 18.2 Å². The number of hydrogen-bond acceptors (Lipinski definition) is 4. The fourth-order valence-electron chi connectivity index (χ4n) is 1.98. The summed E-state index contributed by atoms with van der Waals surface area (Å²) in [6.45, 7) is 3.96. The zero-order valence-corrected chi connectivity index (χ0v) is 9.68. The van der Waals surface area contributed by atoms with E-state index in [2.05, 4.69) is 5.32 Å². The fourth-order valence-corrected chi connectivity index (χ4v) is 1.98. The second-order valence-corrected chi connectivity index (χ2v) is 4.31. The SMILES string of the molecule is CC1CN(C(=O)c2cc(O)ccc2O)CCN1. The number of hydrogen-bond donors (Lipinski definition) is 3. The van der Waals surface area contributed by atoms with Crippen molar-refractivity contribution in [3.8, 4) is 11.5 Å². The van der Waals surface area contributed by atoms with Crippen molar-refractivity contribution in [1.29, 1.82) is 0 Å². The average molecular weight is 236 g/mol. The minimum absolute atomic E-state index is 0.0191. The van der Waals surface area contributed by atoms with Gasteiger partial charge in [-0.3, -0.25) is 4.79 Å². The summed E-state index contributed by atoms with van der Waals surface area (Å²) >= 11 is 0. The van der Waals surface area contributed by atoms with Crippen LogP contribution in [0, 0.1) is 0 Å². The van der Waals surface area contributed by atoms with Gasteiger partial charge in [-0.1, -0.05) is 0 Å². The zero-order valence-electron chi connectivity index (χ0n) is 9.68. The van der Waals surface area contributed by atoms with E-state index in [1.807, 2.05) is 6.92 Å². The van der Waals surface area contributed by atoms with Gasteiger partial charge in [-0.05, 0) is 25.1 Å². The van der Waals surface area contributed by atoms with Crippen molar-refractivity contribution >= 4 is 5.91 Å². The van der Waals surface area contributed by atoms with Gasteiger partial charge in [0.1, 0.15) is 11.5 Å². The number of rotatable bonds is 1. The Hall–Kier alpha value is -1.75. The highest BCUT2D eigenvalue weighted by Crippen LogP contribution is 2.23. The van der Waals surface area contributed by atoms with Gasteiger partial charge >= 0.3 is 0 Å². The summed E-state index contributed by atoms with van der Waals surface area (Å²) in [4.78, 5) is 13.8. The predicted octanol–water partition coefficient (Wildman–Crippen LogP) is 0.532. The molecule has 17 heavy (non-hydrogen) atoms. The van der Waals surface area contributed by atoms with Crippen LogP contribution in [0.25, 0.3) is 0 Å². The molecule has 1 unspecified atom stereocenters. The molecule has 92 valence electrons. The number of aromatic hydroxyl groups is 2. The van der Waals surface area contributed by atoms with Gasteiger partial charge in [-0.2, -0.15) is 0 Å². The Bertz CT molecular complexity index is 434. The van der Waals surface area contributed by atoms with Gasteiger partial charge < -0.3 is 20.4 Å². The maximum absolute atomic E-state index is 12.1. The molecule has 0 saturated carbocycles. The molecule has 0 spiro atoms. The second-order valence-electron chi connectivity index (χ2n) is 4.31. The maximum Gasteiger partial charge on any atom is 0.257 e. The normalized spacial score (nSPS) is 20.3. The number of nitrogens with one attached hydrogen (secondary N) is 1. The molecule has 1 saturated heterocycles. The quantitative estimate of drug-likeness (QED) is 0.622. The number of carbonyl (C=O) groups excluding carboxylic acids is 1. The molecule has 5 nitrogen and oxygen atoms in total. The van der Waals surface area contributed by atoms with Crippen LogP contribution < -0.4 is 5.32 Å². The first-order valence-corrected chi connectivity index (χ1v) is 5.62. The van der Waals surface area contributed by atoms with E-state index in [-0.39, 0.29) is 29.0 Å². The van der Waals surface area contributed by atoms with Crippen LogP contribution in [-0.2, 0) is 0 Å². The second kappa shape index (κ2) is 4.63. The van der Waals surface area contributed by atoms with Crippen LogP contribution in [0.2, 0.25) is 0 Å². The number of phenolic OH excluding ortho intramolecular Hbond substituents is 2. The third-order valence-corrected chi connectivity index (χ3v) is 2.87. The summed E-state index contributed by atoms with van der Waals surface area (Å²) < 4.78 is 0. The molecule has 1 fully saturated rings. The summed E-state index contributed by atoms with van der Waals surface area (Å²) in [6.07, 6.45) is 0. The van der Waals surface area contributed by atoms with Crippen LogP contribution in [0.4, 0.5) is 0 Å². The molecule has 1 atom stereocenters. The van der Waals surface area contributed by atoms with Crippen molar-refractivity contribution in [3.05, 3.63) is 23.8 Å². The molecule has 1 heterocycles. The van der Waals surface area contributed by atoms with Gasteiger partial charge in [0.2, 0.25) is 0 Å². The summed E-state index contributed by atoms with van der Waals surface area (Å²) in [5, 5.41) is 22.2. The summed E-state index contributed by atoms with van der Waals surface area (Å²) in [6, 6.07) is 4.22. The highest BCUT2D eigenvalue weighted by molar-refractivity contribution is 5.97. The van der Waals surface area contributed by atoms with E-state index < -0.39 is 0 Å². The van der Waals surface area contributed by atoms with E-state index in [0.717, 1.165) is 6.54 Å². The van der Waals surface area contributed by atoms with Crippen LogP contribution in [0.3, 0.4) is 0 Å². The van der Waals surface area contributed by atoms with Crippen LogP contribution in [0.15, 0.2) is 18.2 Å². The Labute approximate surface area is 99.7 Å². The largest absolute Gasteiger partial charge is 0.508 e. The lowest BCUT2D eigenvalue weighted by Gasteiger charge is -2.32. The third-order valence-electron chi connectivity index (χ3n) is 2.87. The van der Waals surface area contributed by atoms with Crippen molar-refractivity contribution in [3.63, 3.8) is 0 Å². The molecule has 0 aliphatic carbocycles. The first-order chi connectivity index (χ1) is 8.08. The lowest BCUT2D eigenvalue weighted by molar-refractivity contribution is 0.0705. The van der Waals surface area contributed by atoms with Crippen molar-refractivity contribution in [1.82, 2.24) is 10.2 Å². The number of amides is 1. The number of piperazine rings is 1. The van der Waals surface area contributed by atoms with Gasteiger partial charge in [0, 0.05) is 25.7 Å². The molecular weight excluding hydrogens is 220 g/mol. The van der Waals surface area contributed by atoms with Crippen LogP contribution >= 0.6 is 0 Å². The van der Waals surface area contributed by atoms with Crippen LogP contribution in [-0.4, -0.2) is 46.7 Å². The fraction of sp³-hybridized carbons (Fsp3) is 0.417. The molecule has 1 aliphatic heterocycles. The standard InChI is InChI=1S/C12H16N2O3/c1-8-7-14(5-4-13-8)12(17)10-6-9(15)2-3-11(10)16/h2-3,6,8,13,15-16H,4-5,7H2,1H3. The topological polar surface area (TPSA) is 72.8 Å². The highest BCUT2D eigenvalue weighted by Gasteiger charge is 2.23. The monoisotopic (exact) mass is 236 g/mol. The molecular formula is C12H16N2O3. The lowest BCUT2D eigenvalue weighted by Crippen LogP contribution is -2.51. The van der Waals surface area contributed by atoms with Crippen LogP contribution in [0.1, 0.15) is 17.3 Å². The molecule has 0 radical (unpaired) electrons. The van der Waals surface area contributed by atoms with Gasteiger partial charge in [0.25, 0.3) is 5.91 Å². The molecule has 0 bridgehead atoms. The lowest BCUT2D eigenvalue weighted by atomic mass is 10.1.